The van der Waals surface area contributed by atoms with Gasteiger partial charge in [0.2, 0.25) is 5.88 Å². The topological polar surface area (TPSA) is 65.3 Å². The summed E-state index contributed by atoms with van der Waals surface area (Å²) in [6.45, 7) is 7.68. The number of benzene rings is 1. The van der Waals surface area contributed by atoms with Crippen molar-refractivity contribution in [2.24, 2.45) is 0 Å². The molecule has 1 fully saturated rings. The highest BCUT2D eigenvalue weighted by Crippen LogP contribution is 2.27. The fourth-order valence-electron chi connectivity index (χ4n) is 4.11. The van der Waals surface area contributed by atoms with Crippen LogP contribution in [0, 0.1) is 0 Å². The predicted octanol–water partition coefficient (Wildman–Crippen LogP) is 3.85. The molecule has 1 aromatic carbocycles. The maximum atomic E-state index is 5.72. The van der Waals surface area contributed by atoms with Crippen LogP contribution in [0.15, 0.2) is 30.5 Å². The van der Waals surface area contributed by atoms with Crippen molar-refractivity contribution in [3.63, 3.8) is 0 Å². The number of hydrogen-bond donors (Lipinski definition) is 0. The van der Waals surface area contributed by atoms with E-state index in [0.29, 0.717) is 18.5 Å². The van der Waals surface area contributed by atoms with Crippen LogP contribution in [0.4, 0.5) is 0 Å². The molecule has 0 radical (unpaired) electrons. The summed E-state index contributed by atoms with van der Waals surface area (Å²) < 4.78 is 13.2. The van der Waals surface area contributed by atoms with Crippen LogP contribution in [-0.4, -0.2) is 50.7 Å². The van der Waals surface area contributed by atoms with Gasteiger partial charge in [0.1, 0.15) is 12.4 Å². The Morgan fingerprint density at radius 3 is 2.70 bits per heavy atom. The van der Waals surface area contributed by atoms with Gasteiger partial charge in [0, 0.05) is 44.4 Å². The zero-order chi connectivity index (χ0) is 20.9. The van der Waals surface area contributed by atoms with E-state index in [1.807, 2.05) is 13.8 Å². The van der Waals surface area contributed by atoms with Crippen molar-refractivity contribution in [1.29, 1.82) is 0 Å². The number of nitrogens with zero attached hydrogens (tertiary/aromatic N) is 5. The molecule has 1 saturated carbocycles. The highest BCUT2D eigenvalue weighted by atomic mass is 16.5. The van der Waals surface area contributed by atoms with Crippen LogP contribution >= 0.6 is 0 Å². The SMILES string of the molecule is CC.COc1ccnc(OCc2ccc3c(c2)nc2n3CCN(C3CCC3)CC2)n1. The fourth-order valence-corrected chi connectivity index (χ4v) is 4.11. The third-order valence-corrected chi connectivity index (χ3v) is 5.90. The Morgan fingerprint density at radius 2 is 1.93 bits per heavy atom. The maximum Gasteiger partial charge on any atom is 0.320 e. The summed E-state index contributed by atoms with van der Waals surface area (Å²) in [7, 11) is 1.58. The summed E-state index contributed by atoms with van der Waals surface area (Å²) in [5, 5.41) is 0. The Bertz CT molecular complexity index is 983. The van der Waals surface area contributed by atoms with Gasteiger partial charge < -0.3 is 14.0 Å². The molecule has 2 aliphatic rings. The van der Waals surface area contributed by atoms with Gasteiger partial charge in [0.15, 0.2) is 0 Å². The summed E-state index contributed by atoms with van der Waals surface area (Å²) in [6, 6.07) is 9.20. The minimum atomic E-state index is 0.316. The average molecular weight is 410 g/mol. The van der Waals surface area contributed by atoms with Gasteiger partial charge in [-0.2, -0.15) is 4.98 Å². The van der Waals surface area contributed by atoms with Crippen LogP contribution in [0.5, 0.6) is 11.9 Å². The molecule has 1 aliphatic heterocycles. The first-order valence-corrected chi connectivity index (χ1v) is 11.0. The third kappa shape index (κ3) is 4.26. The summed E-state index contributed by atoms with van der Waals surface area (Å²) in [5.74, 6) is 1.69. The van der Waals surface area contributed by atoms with Crippen molar-refractivity contribution >= 4 is 11.0 Å². The first kappa shape index (κ1) is 20.6. The quantitative estimate of drug-likeness (QED) is 0.638. The number of rotatable bonds is 5. The molecule has 0 spiro atoms. The number of hydrogen-bond acceptors (Lipinski definition) is 6. The van der Waals surface area contributed by atoms with Crippen molar-refractivity contribution in [3.05, 3.63) is 41.9 Å². The molecule has 7 heteroatoms. The lowest BCUT2D eigenvalue weighted by Gasteiger charge is -2.36. The van der Waals surface area contributed by atoms with E-state index in [9.17, 15) is 0 Å². The Kier molecular flexibility index (Phi) is 6.47. The molecular formula is C23H31N5O2. The first-order chi connectivity index (χ1) is 14.8. The fraction of sp³-hybridized carbons (Fsp3) is 0.522. The van der Waals surface area contributed by atoms with Gasteiger partial charge in [-0.15, -0.1) is 0 Å². The molecule has 160 valence electrons. The summed E-state index contributed by atoms with van der Waals surface area (Å²) >= 11 is 0. The summed E-state index contributed by atoms with van der Waals surface area (Å²) in [5.41, 5.74) is 3.31. The van der Waals surface area contributed by atoms with Gasteiger partial charge in [-0.05, 0) is 30.5 Å². The zero-order valence-electron chi connectivity index (χ0n) is 18.2. The standard InChI is InChI=1S/C21H25N5O2.C2H6/c1-27-20-7-9-22-21(24-20)28-14-15-5-6-18-17(13-15)23-19-8-10-25(11-12-26(18)19)16-3-2-4-16;1-2/h5-7,9,13,16H,2-4,8,10-12,14H2,1H3;1-2H3. The first-order valence-electron chi connectivity index (χ1n) is 11.0. The largest absolute Gasteiger partial charge is 0.481 e. The Balaban J connectivity index is 0.00000106. The van der Waals surface area contributed by atoms with Crippen molar-refractivity contribution in [1.82, 2.24) is 24.4 Å². The second-order valence-electron chi connectivity index (χ2n) is 7.54. The highest BCUT2D eigenvalue weighted by Gasteiger charge is 2.27. The smallest absolute Gasteiger partial charge is 0.320 e. The van der Waals surface area contributed by atoms with Crippen LogP contribution in [0.2, 0.25) is 0 Å². The minimum Gasteiger partial charge on any atom is -0.481 e. The molecule has 0 N–H and O–H groups in total. The molecule has 1 aliphatic carbocycles. The molecule has 2 aromatic heterocycles. The second kappa shape index (κ2) is 9.43. The van der Waals surface area contributed by atoms with E-state index in [1.54, 1.807) is 19.4 Å². The molecule has 0 atom stereocenters. The number of ether oxygens (including phenoxy) is 2. The van der Waals surface area contributed by atoms with Gasteiger partial charge in [-0.3, -0.25) is 4.90 Å². The van der Waals surface area contributed by atoms with Crippen LogP contribution < -0.4 is 9.47 Å². The molecule has 5 rings (SSSR count). The zero-order valence-corrected chi connectivity index (χ0v) is 18.2. The van der Waals surface area contributed by atoms with Crippen LogP contribution in [0.1, 0.15) is 44.5 Å². The monoisotopic (exact) mass is 409 g/mol. The van der Waals surface area contributed by atoms with Gasteiger partial charge >= 0.3 is 6.01 Å². The number of fused-ring (bicyclic) bond motifs is 3. The lowest BCUT2D eigenvalue weighted by Crippen LogP contribution is -2.41. The van der Waals surface area contributed by atoms with E-state index in [0.717, 1.165) is 43.2 Å². The van der Waals surface area contributed by atoms with Gasteiger partial charge in [-0.25, -0.2) is 9.97 Å². The van der Waals surface area contributed by atoms with E-state index in [-0.39, 0.29) is 0 Å². The van der Waals surface area contributed by atoms with E-state index in [4.69, 9.17) is 14.5 Å². The van der Waals surface area contributed by atoms with Gasteiger partial charge in [0.05, 0.1) is 18.1 Å². The number of imidazole rings is 1. The molecule has 0 bridgehead atoms. The molecule has 3 aromatic rings. The van der Waals surface area contributed by atoms with E-state index < -0.39 is 0 Å². The Morgan fingerprint density at radius 1 is 1.07 bits per heavy atom. The van der Waals surface area contributed by atoms with E-state index in [1.165, 1.54) is 30.6 Å². The van der Waals surface area contributed by atoms with E-state index >= 15 is 0 Å². The maximum absolute atomic E-state index is 5.72. The van der Waals surface area contributed by atoms with Gasteiger partial charge in [0.25, 0.3) is 0 Å². The highest BCUT2D eigenvalue weighted by molar-refractivity contribution is 5.77. The average Bonchev–Trinajstić information content (AvgIpc) is 2.98. The Hall–Kier alpha value is -2.67. The molecule has 0 saturated heterocycles. The molecule has 0 amide bonds. The number of methoxy groups -OCH3 is 1. The molecule has 7 nitrogen and oxygen atoms in total. The molecule has 30 heavy (non-hydrogen) atoms. The second-order valence-corrected chi connectivity index (χ2v) is 7.54. The number of aromatic nitrogens is 4. The van der Waals surface area contributed by atoms with Crippen LogP contribution in [0.25, 0.3) is 11.0 Å². The van der Waals surface area contributed by atoms with Crippen molar-refractivity contribution in [2.45, 2.75) is 58.7 Å². The lowest BCUT2D eigenvalue weighted by atomic mass is 9.91. The summed E-state index contributed by atoms with van der Waals surface area (Å²) in [4.78, 5) is 15.9. The predicted molar refractivity (Wildman–Crippen MR) is 117 cm³/mol. The van der Waals surface area contributed by atoms with Crippen molar-refractivity contribution < 1.29 is 9.47 Å². The van der Waals surface area contributed by atoms with E-state index in [2.05, 4.69) is 37.6 Å². The molecule has 3 heterocycles. The lowest BCUT2D eigenvalue weighted by molar-refractivity contribution is 0.130. The molecular weight excluding hydrogens is 378 g/mol. The van der Waals surface area contributed by atoms with Crippen LogP contribution in [-0.2, 0) is 19.6 Å². The molecule has 0 unspecified atom stereocenters. The van der Waals surface area contributed by atoms with Crippen molar-refractivity contribution in [2.75, 3.05) is 20.2 Å². The van der Waals surface area contributed by atoms with Crippen LogP contribution in [0.3, 0.4) is 0 Å². The normalized spacial score (nSPS) is 16.8. The van der Waals surface area contributed by atoms with Crippen molar-refractivity contribution in [3.8, 4) is 11.9 Å². The third-order valence-electron chi connectivity index (χ3n) is 5.90. The Labute approximate surface area is 178 Å². The summed E-state index contributed by atoms with van der Waals surface area (Å²) in [6.07, 6.45) is 6.77. The minimum absolute atomic E-state index is 0.316. The van der Waals surface area contributed by atoms with Gasteiger partial charge in [-0.1, -0.05) is 26.3 Å².